The molecule has 1 fully saturated rings. The first-order chi connectivity index (χ1) is 9.10. The Kier molecular flexibility index (Phi) is 4.14. The van der Waals surface area contributed by atoms with Gasteiger partial charge >= 0.3 is 0 Å². The van der Waals surface area contributed by atoms with Gasteiger partial charge in [0.1, 0.15) is 6.33 Å². The van der Waals surface area contributed by atoms with Crippen LogP contribution in [0, 0.1) is 5.41 Å². The Balaban J connectivity index is 2.03. The number of hydrogen-bond donors (Lipinski definition) is 2. The SMILES string of the molecule is CCn1cnnc1CNC(=O)C1(C(N)=S)CCCC1. The number of nitrogens with one attached hydrogen (secondary N) is 1. The molecule has 0 radical (unpaired) electrons. The highest BCUT2D eigenvalue weighted by Crippen LogP contribution is 2.38. The molecule has 1 aliphatic rings. The molecule has 0 aliphatic heterocycles. The third-order valence-electron chi connectivity index (χ3n) is 3.81. The van der Waals surface area contributed by atoms with Crippen molar-refractivity contribution in [3.63, 3.8) is 0 Å². The third-order valence-corrected chi connectivity index (χ3v) is 4.20. The van der Waals surface area contributed by atoms with Gasteiger partial charge in [0, 0.05) is 6.54 Å². The van der Waals surface area contributed by atoms with E-state index in [4.69, 9.17) is 18.0 Å². The number of hydrogen-bond acceptors (Lipinski definition) is 4. The number of nitrogens with two attached hydrogens (primary N) is 1. The van der Waals surface area contributed by atoms with E-state index in [2.05, 4.69) is 15.5 Å². The number of amides is 1. The van der Waals surface area contributed by atoms with E-state index in [1.807, 2.05) is 11.5 Å². The molecule has 104 valence electrons. The van der Waals surface area contributed by atoms with Gasteiger partial charge in [-0.1, -0.05) is 25.1 Å². The maximum absolute atomic E-state index is 12.4. The van der Waals surface area contributed by atoms with Crippen molar-refractivity contribution in [1.82, 2.24) is 20.1 Å². The van der Waals surface area contributed by atoms with Gasteiger partial charge in [0.15, 0.2) is 5.82 Å². The minimum Gasteiger partial charge on any atom is -0.392 e. The summed E-state index contributed by atoms with van der Waals surface area (Å²) in [6, 6.07) is 0. The smallest absolute Gasteiger partial charge is 0.233 e. The fraction of sp³-hybridized carbons (Fsp3) is 0.667. The summed E-state index contributed by atoms with van der Waals surface area (Å²) >= 11 is 5.09. The third kappa shape index (κ3) is 2.60. The zero-order valence-corrected chi connectivity index (χ0v) is 11.9. The highest BCUT2D eigenvalue weighted by Gasteiger charge is 2.43. The predicted octanol–water partition coefficient (Wildman–Crippen LogP) is 0.761. The van der Waals surface area contributed by atoms with Crippen molar-refractivity contribution in [3.8, 4) is 0 Å². The minimum absolute atomic E-state index is 0.0804. The van der Waals surface area contributed by atoms with Gasteiger partial charge in [-0.25, -0.2) is 0 Å². The van der Waals surface area contributed by atoms with E-state index in [0.717, 1.165) is 38.1 Å². The fourth-order valence-corrected chi connectivity index (χ4v) is 2.87. The molecule has 1 aliphatic carbocycles. The summed E-state index contributed by atoms with van der Waals surface area (Å²) in [5.74, 6) is 0.662. The quantitative estimate of drug-likeness (QED) is 0.778. The number of aromatic nitrogens is 3. The van der Waals surface area contributed by atoms with Crippen molar-refractivity contribution >= 4 is 23.1 Å². The van der Waals surface area contributed by atoms with Gasteiger partial charge in [-0.05, 0) is 19.8 Å². The average molecular weight is 281 g/mol. The lowest BCUT2D eigenvalue weighted by Crippen LogP contribution is -2.47. The van der Waals surface area contributed by atoms with Crippen LogP contribution in [0.3, 0.4) is 0 Å². The zero-order chi connectivity index (χ0) is 13.9. The molecule has 7 heteroatoms. The Hall–Kier alpha value is -1.50. The summed E-state index contributed by atoms with van der Waals surface area (Å²) in [5, 5.41) is 10.7. The Morgan fingerprint density at radius 1 is 1.58 bits per heavy atom. The molecule has 0 saturated heterocycles. The average Bonchev–Trinajstić information content (AvgIpc) is 3.05. The summed E-state index contributed by atoms with van der Waals surface area (Å²) in [6.07, 6.45) is 5.13. The van der Waals surface area contributed by atoms with E-state index in [-0.39, 0.29) is 5.91 Å². The molecule has 6 nitrogen and oxygen atoms in total. The Bertz CT molecular complexity index is 478. The van der Waals surface area contributed by atoms with Gasteiger partial charge in [0.2, 0.25) is 5.91 Å². The van der Waals surface area contributed by atoms with Crippen molar-refractivity contribution in [1.29, 1.82) is 0 Å². The predicted molar refractivity (Wildman–Crippen MR) is 75.2 cm³/mol. The van der Waals surface area contributed by atoms with Crippen molar-refractivity contribution in [3.05, 3.63) is 12.2 Å². The largest absolute Gasteiger partial charge is 0.392 e. The van der Waals surface area contributed by atoms with Gasteiger partial charge in [-0.2, -0.15) is 0 Å². The summed E-state index contributed by atoms with van der Waals surface area (Å²) in [4.78, 5) is 12.7. The number of nitrogens with zero attached hydrogens (tertiary/aromatic N) is 3. The van der Waals surface area contributed by atoms with Crippen LogP contribution in [0.1, 0.15) is 38.4 Å². The van der Waals surface area contributed by atoms with Crippen LogP contribution in [-0.4, -0.2) is 25.7 Å². The molecule has 0 aromatic carbocycles. The molecule has 1 aromatic heterocycles. The van der Waals surface area contributed by atoms with Crippen LogP contribution in [0.2, 0.25) is 0 Å². The van der Waals surface area contributed by atoms with E-state index in [1.165, 1.54) is 0 Å². The summed E-state index contributed by atoms with van der Waals surface area (Å²) < 4.78 is 1.89. The lowest BCUT2D eigenvalue weighted by Gasteiger charge is -2.26. The normalized spacial score (nSPS) is 17.3. The molecule has 1 heterocycles. The lowest BCUT2D eigenvalue weighted by atomic mass is 9.85. The van der Waals surface area contributed by atoms with E-state index >= 15 is 0 Å². The topological polar surface area (TPSA) is 85.8 Å². The first-order valence-electron chi connectivity index (χ1n) is 6.55. The van der Waals surface area contributed by atoms with Crippen LogP contribution in [0.15, 0.2) is 6.33 Å². The Morgan fingerprint density at radius 2 is 2.26 bits per heavy atom. The van der Waals surface area contributed by atoms with Crippen LogP contribution in [0.4, 0.5) is 0 Å². The second-order valence-corrected chi connectivity index (χ2v) is 5.31. The van der Waals surface area contributed by atoms with Crippen molar-refractivity contribution < 1.29 is 4.79 Å². The van der Waals surface area contributed by atoms with Crippen molar-refractivity contribution in [2.75, 3.05) is 0 Å². The monoisotopic (exact) mass is 281 g/mol. The maximum atomic E-state index is 12.4. The summed E-state index contributed by atoms with van der Waals surface area (Å²) in [6.45, 7) is 3.14. The van der Waals surface area contributed by atoms with Gasteiger partial charge < -0.3 is 15.6 Å². The molecule has 0 bridgehead atoms. The molecule has 19 heavy (non-hydrogen) atoms. The Labute approximate surface area is 117 Å². The number of rotatable bonds is 5. The van der Waals surface area contributed by atoms with Gasteiger partial charge in [0.25, 0.3) is 0 Å². The van der Waals surface area contributed by atoms with E-state index in [0.29, 0.717) is 11.5 Å². The minimum atomic E-state index is -0.660. The second kappa shape index (κ2) is 5.64. The van der Waals surface area contributed by atoms with E-state index in [1.54, 1.807) is 6.33 Å². The van der Waals surface area contributed by atoms with Crippen LogP contribution < -0.4 is 11.1 Å². The molecule has 3 N–H and O–H groups in total. The molecule has 2 rings (SSSR count). The van der Waals surface area contributed by atoms with Crippen LogP contribution >= 0.6 is 12.2 Å². The summed E-state index contributed by atoms with van der Waals surface area (Å²) in [7, 11) is 0. The molecule has 0 unspecified atom stereocenters. The molecular formula is C12H19N5OS. The molecule has 0 spiro atoms. The van der Waals surface area contributed by atoms with E-state index < -0.39 is 5.41 Å². The van der Waals surface area contributed by atoms with E-state index in [9.17, 15) is 4.79 Å². The molecule has 1 saturated carbocycles. The molecule has 1 aromatic rings. The molecule has 1 amide bonds. The van der Waals surface area contributed by atoms with Gasteiger partial charge in [-0.15, -0.1) is 10.2 Å². The first-order valence-corrected chi connectivity index (χ1v) is 6.96. The first kappa shape index (κ1) is 13.9. The highest BCUT2D eigenvalue weighted by atomic mass is 32.1. The van der Waals surface area contributed by atoms with Crippen LogP contribution in [-0.2, 0) is 17.9 Å². The standard InChI is InChI=1S/C12H19N5OS/c1-2-17-8-15-16-9(17)7-14-11(18)12(10(13)19)5-3-4-6-12/h8H,2-7H2,1H3,(H2,13,19)(H,14,18). The highest BCUT2D eigenvalue weighted by molar-refractivity contribution is 7.80. The van der Waals surface area contributed by atoms with Crippen LogP contribution in [0.5, 0.6) is 0 Å². The Morgan fingerprint density at radius 3 is 2.84 bits per heavy atom. The zero-order valence-electron chi connectivity index (χ0n) is 11.1. The maximum Gasteiger partial charge on any atom is 0.233 e. The molecular weight excluding hydrogens is 262 g/mol. The van der Waals surface area contributed by atoms with Crippen molar-refractivity contribution in [2.24, 2.45) is 11.1 Å². The molecule has 0 atom stereocenters. The number of thiocarbonyl (C=S) groups is 1. The van der Waals surface area contributed by atoms with Gasteiger partial charge in [-0.3, -0.25) is 4.79 Å². The van der Waals surface area contributed by atoms with Gasteiger partial charge in [0.05, 0.1) is 16.9 Å². The number of carbonyl (C=O) groups excluding carboxylic acids is 1. The lowest BCUT2D eigenvalue weighted by molar-refractivity contribution is -0.127. The number of carbonyl (C=O) groups is 1. The van der Waals surface area contributed by atoms with Crippen LogP contribution in [0.25, 0.3) is 0 Å². The summed E-state index contributed by atoms with van der Waals surface area (Å²) in [5.41, 5.74) is 5.12. The second-order valence-electron chi connectivity index (χ2n) is 4.87. The fourth-order valence-electron chi connectivity index (χ4n) is 2.57. The number of aryl methyl sites for hydroxylation is 1. The van der Waals surface area contributed by atoms with Crippen molar-refractivity contribution in [2.45, 2.75) is 45.7 Å².